The molecule has 1 aromatic rings. The summed E-state index contributed by atoms with van der Waals surface area (Å²) in [5.74, 6) is -3.24. The predicted octanol–water partition coefficient (Wildman–Crippen LogP) is -0.0868. The van der Waals surface area contributed by atoms with Gasteiger partial charge >= 0.3 is 5.97 Å². The Morgan fingerprint density at radius 1 is 1.08 bits per heavy atom. The van der Waals surface area contributed by atoms with Crippen LogP contribution in [0.2, 0.25) is 0 Å². The molecule has 0 spiro atoms. The molecular formula is C25H37N5O6. The third-order valence-corrected chi connectivity index (χ3v) is 6.10. The lowest BCUT2D eigenvalue weighted by Gasteiger charge is -2.30. The predicted molar refractivity (Wildman–Crippen MR) is 132 cm³/mol. The minimum absolute atomic E-state index is 0.0521. The molecular weight excluding hydrogens is 466 g/mol. The van der Waals surface area contributed by atoms with Crippen molar-refractivity contribution in [2.75, 3.05) is 6.54 Å². The monoisotopic (exact) mass is 503 g/mol. The minimum atomic E-state index is -1.17. The first-order valence-electron chi connectivity index (χ1n) is 12.2. The van der Waals surface area contributed by atoms with Crippen molar-refractivity contribution < 1.29 is 29.1 Å². The van der Waals surface area contributed by atoms with Gasteiger partial charge in [-0.1, -0.05) is 44.2 Å². The van der Waals surface area contributed by atoms with E-state index in [1.54, 1.807) is 24.3 Å². The number of benzene rings is 1. The van der Waals surface area contributed by atoms with E-state index in [1.165, 1.54) is 4.90 Å². The maximum Gasteiger partial charge on any atom is 0.326 e. The molecule has 1 heterocycles. The van der Waals surface area contributed by atoms with Crippen LogP contribution in [0.25, 0.3) is 0 Å². The molecule has 2 rings (SSSR count). The quantitative estimate of drug-likeness (QED) is 0.249. The Balaban J connectivity index is 2.10. The average Bonchev–Trinajstić information content (AvgIpc) is 3.31. The van der Waals surface area contributed by atoms with Gasteiger partial charge in [0, 0.05) is 19.4 Å². The molecule has 1 aromatic carbocycles. The van der Waals surface area contributed by atoms with Gasteiger partial charge in [0.2, 0.25) is 23.6 Å². The van der Waals surface area contributed by atoms with Crippen LogP contribution in [0, 0.1) is 5.92 Å². The van der Waals surface area contributed by atoms with Crippen molar-refractivity contribution in [3.8, 4) is 0 Å². The number of carbonyl (C=O) groups excluding carboxylic acids is 4. The molecule has 198 valence electrons. The summed E-state index contributed by atoms with van der Waals surface area (Å²) in [5.41, 5.74) is 11.7. The standard InChI is InChI=1S/C25H37N5O6/c1-15(2)13-18(28-22(32)17(26)10-11-21(27)31)24(34)30-12-6-9-20(30)23(33)29-19(25(35)36)14-16-7-4-3-5-8-16/h3-5,7-8,15,17-20H,6,9-14,26H2,1-2H3,(H2,27,31)(H,28,32)(H,29,33)(H,35,36). The fraction of sp³-hybridized carbons (Fsp3) is 0.560. The Morgan fingerprint density at radius 3 is 2.33 bits per heavy atom. The molecule has 36 heavy (non-hydrogen) atoms. The van der Waals surface area contributed by atoms with Crippen molar-refractivity contribution in [2.24, 2.45) is 17.4 Å². The number of carbonyl (C=O) groups is 5. The van der Waals surface area contributed by atoms with Gasteiger partial charge in [0.05, 0.1) is 6.04 Å². The number of nitrogens with one attached hydrogen (secondary N) is 2. The van der Waals surface area contributed by atoms with Gasteiger partial charge < -0.3 is 32.1 Å². The van der Waals surface area contributed by atoms with Crippen LogP contribution in [-0.2, 0) is 30.4 Å². The zero-order valence-corrected chi connectivity index (χ0v) is 20.8. The Kier molecular flexibility index (Phi) is 10.8. The van der Waals surface area contributed by atoms with Gasteiger partial charge in [-0.25, -0.2) is 4.79 Å². The highest BCUT2D eigenvalue weighted by molar-refractivity contribution is 5.94. The van der Waals surface area contributed by atoms with Crippen LogP contribution in [0.1, 0.15) is 51.5 Å². The highest BCUT2D eigenvalue weighted by atomic mass is 16.4. The van der Waals surface area contributed by atoms with E-state index in [4.69, 9.17) is 11.5 Å². The molecule has 1 fully saturated rings. The summed E-state index contributed by atoms with van der Waals surface area (Å²) in [4.78, 5) is 63.3. The average molecular weight is 504 g/mol. The lowest BCUT2D eigenvalue weighted by molar-refractivity contribution is -0.145. The van der Waals surface area contributed by atoms with Crippen molar-refractivity contribution in [3.05, 3.63) is 35.9 Å². The molecule has 1 aliphatic heterocycles. The van der Waals surface area contributed by atoms with Crippen molar-refractivity contribution in [1.82, 2.24) is 15.5 Å². The molecule has 11 nitrogen and oxygen atoms in total. The van der Waals surface area contributed by atoms with Gasteiger partial charge in [0.15, 0.2) is 0 Å². The second kappa shape index (κ2) is 13.6. The number of hydrogen-bond acceptors (Lipinski definition) is 6. The first-order valence-corrected chi connectivity index (χ1v) is 12.2. The largest absolute Gasteiger partial charge is 0.480 e. The summed E-state index contributed by atoms with van der Waals surface area (Å²) in [7, 11) is 0. The second-order valence-corrected chi connectivity index (χ2v) is 9.58. The van der Waals surface area contributed by atoms with Gasteiger partial charge in [0.1, 0.15) is 18.1 Å². The molecule has 4 unspecified atom stereocenters. The maximum atomic E-state index is 13.4. The van der Waals surface area contributed by atoms with E-state index in [0.29, 0.717) is 25.8 Å². The smallest absolute Gasteiger partial charge is 0.326 e. The van der Waals surface area contributed by atoms with Crippen LogP contribution in [0.3, 0.4) is 0 Å². The molecule has 4 amide bonds. The van der Waals surface area contributed by atoms with Crippen LogP contribution in [0.5, 0.6) is 0 Å². The number of carboxylic acids is 1. The Hall–Kier alpha value is -3.47. The zero-order valence-electron chi connectivity index (χ0n) is 20.8. The van der Waals surface area contributed by atoms with Crippen LogP contribution >= 0.6 is 0 Å². The minimum Gasteiger partial charge on any atom is -0.480 e. The van der Waals surface area contributed by atoms with Gasteiger partial charge in [-0.3, -0.25) is 19.2 Å². The van der Waals surface area contributed by atoms with E-state index in [9.17, 15) is 29.1 Å². The van der Waals surface area contributed by atoms with Crippen molar-refractivity contribution in [2.45, 2.75) is 76.5 Å². The fourth-order valence-corrected chi connectivity index (χ4v) is 4.22. The molecule has 0 bridgehead atoms. The summed E-state index contributed by atoms with van der Waals surface area (Å²) in [6.45, 7) is 4.11. The van der Waals surface area contributed by atoms with Crippen LogP contribution < -0.4 is 22.1 Å². The van der Waals surface area contributed by atoms with Crippen molar-refractivity contribution >= 4 is 29.6 Å². The van der Waals surface area contributed by atoms with Gasteiger partial charge in [-0.2, -0.15) is 0 Å². The number of nitrogens with zero attached hydrogens (tertiary/aromatic N) is 1. The Morgan fingerprint density at radius 2 is 1.75 bits per heavy atom. The van der Waals surface area contributed by atoms with E-state index in [0.717, 1.165) is 5.56 Å². The fourth-order valence-electron chi connectivity index (χ4n) is 4.22. The van der Waals surface area contributed by atoms with Crippen molar-refractivity contribution in [1.29, 1.82) is 0 Å². The van der Waals surface area contributed by atoms with E-state index in [1.807, 2.05) is 19.9 Å². The number of nitrogens with two attached hydrogens (primary N) is 2. The Labute approximate surface area is 211 Å². The number of amides is 4. The molecule has 1 saturated heterocycles. The van der Waals surface area contributed by atoms with Crippen LogP contribution in [0.15, 0.2) is 30.3 Å². The van der Waals surface area contributed by atoms with Gasteiger partial charge in [-0.15, -0.1) is 0 Å². The third-order valence-electron chi connectivity index (χ3n) is 6.10. The second-order valence-electron chi connectivity index (χ2n) is 9.58. The number of rotatable bonds is 13. The van der Waals surface area contributed by atoms with E-state index in [-0.39, 0.29) is 25.2 Å². The molecule has 0 saturated carbocycles. The Bertz CT molecular complexity index is 938. The summed E-state index contributed by atoms with van der Waals surface area (Å²) in [6.07, 6.45) is 1.38. The first kappa shape index (κ1) is 28.8. The number of primary amides is 1. The summed E-state index contributed by atoms with van der Waals surface area (Å²) < 4.78 is 0. The lowest BCUT2D eigenvalue weighted by Crippen LogP contribution is -2.57. The van der Waals surface area contributed by atoms with E-state index >= 15 is 0 Å². The molecule has 0 aromatic heterocycles. The van der Waals surface area contributed by atoms with Crippen LogP contribution in [-0.4, -0.2) is 70.3 Å². The molecule has 11 heteroatoms. The normalized spacial score (nSPS) is 17.8. The SMILES string of the molecule is CC(C)CC(NC(=O)C(N)CCC(N)=O)C(=O)N1CCCC1C(=O)NC(Cc1ccccc1)C(=O)O. The number of carboxylic acid groups (broad SMARTS) is 1. The van der Waals surface area contributed by atoms with Crippen LogP contribution in [0.4, 0.5) is 0 Å². The number of hydrogen-bond donors (Lipinski definition) is 5. The highest BCUT2D eigenvalue weighted by Gasteiger charge is 2.39. The first-order chi connectivity index (χ1) is 17.0. The third kappa shape index (κ3) is 8.63. The van der Waals surface area contributed by atoms with Crippen molar-refractivity contribution in [3.63, 3.8) is 0 Å². The topological polar surface area (TPSA) is 185 Å². The summed E-state index contributed by atoms with van der Waals surface area (Å²) in [6, 6.07) is 5.04. The maximum absolute atomic E-state index is 13.4. The summed E-state index contributed by atoms with van der Waals surface area (Å²) >= 11 is 0. The van der Waals surface area contributed by atoms with E-state index in [2.05, 4.69) is 10.6 Å². The molecule has 0 aliphatic carbocycles. The van der Waals surface area contributed by atoms with E-state index < -0.39 is 53.8 Å². The van der Waals surface area contributed by atoms with Gasteiger partial charge in [-0.05, 0) is 37.2 Å². The molecule has 4 atom stereocenters. The molecule has 7 N–H and O–H groups in total. The van der Waals surface area contributed by atoms with Gasteiger partial charge in [0.25, 0.3) is 0 Å². The summed E-state index contributed by atoms with van der Waals surface area (Å²) in [5, 5.41) is 14.9. The highest BCUT2D eigenvalue weighted by Crippen LogP contribution is 2.21. The molecule has 0 radical (unpaired) electrons. The zero-order chi connectivity index (χ0) is 26.8. The number of aliphatic carboxylic acids is 1. The lowest BCUT2D eigenvalue weighted by atomic mass is 10.0. The number of likely N-dealkylation sites (tertiary alicyclic amines) is 1. The molecule has 1 aliphatic rings.